The molecular formula is C18H20BrClN2O3S. The van der Waals surface area contributed by atoms with Crippen molar-refractivity contribution in [1.29, 1.82) is 0 Å². The van der Waals surface area contributed by atoms with Crippen LogP contribution in [0.1, 0.15) is 18.1 Å². The molecule has 1 amide bonds. The first-order chi connectivity index (χ1) is 12.1. The second-order valence-electron chi connectivity index (χ2n) is 5.85. The van der Waals surface area contributed by atoms with Gasteiger partial charge in [-0.25, -0.2) is 8.42 Å². The fourth-order valence-electron chi connectivity index (χ4n) is 2.57. The van der Waals surface area contributed by atoms with Gasteiger partial charge >= 0.3 is 0 Å². The van der Waals surface area contributed by atoms with E-state index in [1.54, 1.807) is 6.92 Å². The van der Waals surface area contributed by atoms with Crippen LogP contribution in [0.25, 0.3) is 0 Å². The molecule has 1 N–H and O–H groups in total. The van der Waals surface area contributed by atoms with Crippen molar-refractivity contribution in [2.24, 2.45) is 0 Å². The van der Waals surface area contributed by atoms with E-state index in [0.29, 0.717) is 10.7 Å². The number of aryl methyl sites for hydroxylation is 2. The monoisotopic (exact) mass is 458 g/mol. The average molecular weight is 460 g/mol. The number of benzene rings is 2. The Morgan fingerprint density at radius 1 is 1.15 bits per heavy atom. The Morgan fingerprint density at radius 2 is 1.69 bits per heavy atom. The van der Waals surface area contributed by atoms with Crippen LogP contribution in [0.4, 0.5) is 5.69 Å². The molecule has 0 heterocycles. The molecule has 0 aliphatic carbocycles. The molecule has 0 bridgehead atoms. The molecule has 0 atom stereocenters. The van der Waals surface area contributed by atoms with Gasteiger partial charge in [-0.15, -0.1) is 0 Å². The summed E-state index contributed by atoms with van der Waals surface area (Å²) in [7, 11) is -3.78. The van der Waals surface area contributed by atoms with E-state index in [2.05, 4.69) is 21.2 Å². The number of amides is 1. The average Bonchev–Trinajstić information content (AvgIpc) is 2.56. The summed E-state index contributed by atoms with van der Waals surface area (Å²) in [5.41, 5.74) is 2.49. The molecule has 0 aromatic heterocycles. The van der Waals surface area contributed by atoms with Gasteiger partial charge in [0.25, 0.3) is 0 Å². The molecular weight excluding hydrogens is 440 g/mol. The van der Waals surface area contributed by atoms with Gasteiger partial charge in [-0.1, -0.05) is 34.5 Å². The molecule has 2 aromatic carbocycles. The molecule has 0 radical (unpaired) electrons. The molecule has 0 saturated heterocycles. The highest BCUT2D eigenvalue weighted by molar-refractivity contribution is 9.10. The van der Waals surface area contributed by atoms with Crippen molar-refractivity contribution in [2.45, 2.75) is 25.7 Å². The Morgan fingerprint density at radius 3 is 2.19 bits per heavy atom. The van der Waals surface area contributed by atoms with Crippen LogP contribution in [0, 0.1) is 13.8 Å². The summed E-state index contributed by atoms with van der Waals surface area (Å²) in [4.78, 5) is 12.6. The molecule has 0 fully saturated rings. The summed E-state index contributed by atoms with van der Waals surface area (Å²) >= 11 is 9.23. The zero-order valence-electron chi connectivity index (χ0n) is 14.7. The minimum Gasteiger partial charge on any atom is -0.324 e. The summed E-state index contributed by atoms with van der Waals surface area (Å²) in [6, 6.07) is 9.67. The van der Waals surface area contributed by atoms with Crippen LogP contribution in [-0.2, 0) is 14.8 Å². The highest BCUT2D eigenvalue weighted by Gasteiger charge is 2.25. The van der Waals surface area contributed by atoms with Gasteiger partial charge in [0, 0.05) is 21.7 Å². The van der Waals surface area contributed by atoms with Crippen LogP contribution in [-0.4, -0.2) is 31.7 Å². The summed E-state index contributed by atoms with van der Waals surface area (Å²) in [6.07, 6.45) is 0. The third-order valence-electron chi connectivity index (χ3n) is 3.89. The van der Waals surface area contributed by atoms with Crippen molar-refractivity contribution in [2.75, 3.05) is 18.4 Å². The zero-order chi connectivity index (χ0) is 19.5. The Hall–Kier alpha value is -1.41. The van der Waals surface area contributed by atoms with Crippen molar-refractivity contribution < 1.29 is 13.2 Å². The lowest BCUT2D eigenvalue weighted by atomic mass is 10.1. The number of nitrogens with zero attached hydrogens (tertiary/aromatic N) is 1. The Balaban J connectivity index is 2.19. The van der Waals surface area contributed by atoms with Crippen LogP contribution in [0.15, 0.2) is 45.8 Å². The number of carbonyl (C=O) groups excluding carboxylic acids is 1. The molecule has 140 valence electrons. The number of rotatable bonds is 6. The third kappa shape index (κ3) is 4.85. The second-order valence-corrected chi connectivity index (χ2v) is 9.14. The highest BCUT2D eigenvalue weighted by atomic mass is 79.9. The van der Waals surface area contributed by atoms with Crippen LogP contribution < -0.4 is 5.32 Å². The van der Waals surface area contributed by atoms with Crippen molar-refractivity contribution >= 4 is 49.1 Å². The smallest absolute Gasteiger partial charge is 0.243 e. The number of halogens is 2. The maximum atomic E-state index is 12.7. The molecule has 2 rings (SSSR count). The van der Waals surface area contributed by atoms with E-state index in [0.717, 1.165) is 19.9 Å². The van der Waals surface area contributed by atoms with Gasteiger partial charge in [0.05, 0.1) is 11.4 Å². The predicted molar refractivity (Wildman–Crippen MR) is 108 cm³/mol. The molecule has 0 unspecified atom stereocenters. The number of carbonyl (C=O) groups is 1. The second kappa shape index (κ2) is 8.52. The van der Waals surface area contributed by atoms with E-state index >= 15 is 0 Å². The summed E-state index contributed by atoms with van der Waals surface area (Å²) in [6.45, 7) is 5.37. The third-order valence-corrected chi connectivity index (χ3v) is 6.53. The Bertz CT molecular complexity index is 892. The largest absolute Gasteiger partial charge is 0.324 e. The Labute approximate surface area is 167 Å². The van der Waals surface area contributed by atoms with Crippen molar-refractivity contribution in [1.82, 2.24) is 4.31 Å². The number of sulfonamides is 1. The van der Waals surface area contributed by atoms with Crippen molar-refractivity contribution in [3.05, 3.63) is 57.0 Å². The van der Waals surface area contributed by atoms with Gasteiger partial charge in [-0.05, 0) is 61.4 Å². The fraction of sp³-hybridized carbons (Fsp3) is 0.278. The molecule has 5 nitrogen and oxygen atoms in total. The molecule has 0 spiro atoms. The van der Waals surface area contributed by atoms with E-state index in [1.807, 2.05) is 26.0 Å². The zero-order valence-corrected chi connectivity index (χ0v) is 17.9. The van der Waals surface area contributed by atoms with Crippen molar-refractivity contribution in [3.8, 4) is 0 Å². The fourth-order valence-corrected chi connectivity index (χ4v) is 4.79. The Kier molecular flexibility index (Phi) is 6.85. The first-order valence-corrected chi connectivity index (χ1v) is 10.6. The lowest BCUT2D eigenvalue weighted by Gasteiger charge is -2.21. The number of hydrogen-bond donors (Lipinski definition) is 1. The normalized spacial score (nSPS) is 11.6. The van der Waals surface area contributed by atoms with Crippen LogP contribution >= 0.6 is 27.5 Å². The summed E-state index contributed by atoms with van der Waals surface area (Å²) < 4.78 is 27.5. The molecule has 8 heteroatoms. The molecule has 0 aliphatic heterocycles. The van der Waals surface area contributed by atoms with Gasteiger partial charge in [-0.3, -0.25) is 4.79 Å². The predicted octanol–water partition coefficient (Wildman–Crippen LogP) is 4.37. The summed E-state index contributed by atoms with van der Waals surface area (Å²) in [5.74, 6) is -0.391. The van der Waals surface area contributed by atoms with Crippen LogP contribution in [0.5, 0.6) is 0 Å². The first kappa shape index (κ1) is 20.9. The van der Waals surface area contributed by atoms with E-state index in [-0.39, 0.29) is 18.0 Å². The van der Waals surface area contributed by atoms with Crippen molar-refractivity contribution in [3.63, 3.8) is 0 Å². The van der Waals surface area contributed by atoms with Gasteiger partial charge in [0.2, 0.25) is 15.9 Å². The number of likely N-dealkylation sites (N-methyl/N-ethyl adjacent to an activating group) is 1. The highest BCUT2D eigenvalue weighted by Crippen LogP contribution is 2.25. The molecule has 0 aliphatic rings. The first-order valence-electron chi connectivity index (χ1n) is 7.97. The minimum absolute atomic E-state index is 0.104. The lowest BCUT2D eigenvalue weighted by Crippen LogP contribution is -2.38. The standard InChI is InChI=1S/C18H20BrClN2O3S/c1-4-22(26(24,25)16-7-5-15(20)6-8-16)11-17(23)21-18-12(2)9-14(19)10-13(18)3/h5-10H,4,11H2,1-3H3,(H,21,23). The van der Waals surface area contributed by atoms with Gasteiger partial charge < -0.3 is 5.32 Å². The van der Waals surface area contributed by atoms with E-state index in [4.69, 9.17) is 11.6 Å². The lowest BCUT2D eigenvalue weighted by molar-refractivity contribution is -0.116. The topological polar surface area (TPSA) is 66.5 Å². The summed E-state index contributed by atoms with van der Waals surface area (Å²) in [5, 5.41) is 3.27. The van der Waals surface area contributed by atoms with Gasteiger partial charge in [0.15, 0.2) is 0 Å². The van der Waals surface area contributed by atoms with Crippen LogP contribution in [0.3, 0.4) is 0 Å². The maximum absolute atomic E-state index is 12.7. The van der Waals surface area contributed by atoms with E-state index in [9.17, 15) is 13.2 Å². The van der Waals surface area contributed by atoms with E-state index < -0.39 is 15.9 Å². The quantitative estimate of drug-likeness (QED) is 0.697. The number of nitrogens with one attached hydrogen (secondary N) is 1. The molecule has 26 heavy (non-hydrogen) atoms. The minimum atomic E-state index is -3.78. The van der Waals surface area contributed by atoms with Gasteiger partial charge in [-0.2, -0.15) is 4.31 Å². The number of hydrogen-bond acceptors (Lipinski definition) is 3. The van der Waals surface area contributed by atoms with Crippen LogP contribution in [0.2, 0.25) is 5.02 Å². The van der Waals surface area contributed by atoms with E-state index in [1.165, 1.54) is 24.3 Å². The van der Waals surface area contributed by atoms with Gasteiger partial charge in [0.1, 0.15) is 0 Å². The number of anilines is 1. The maximum Gasteiger partial charge on any atom is 0.243 e. The molecule has 2 aromatic rings. The molecule has 0 saturated carbocycles. The SMILES string of the molecule is CCN(CC(=O)Nc1c(C)cc(Br)cc1C)S(=O)(=O)c1ccc(Cl)cc1.